The molecule has 4 aromatic rings. The SMILES string of the molecule is O=C(c1ccco1)N1CCN(C(=O)[C@@H](Cc2ccccc2)NS(=O)(=O)c2cccc3nsnc23)CC1. The summed E-state index contributed by atoms with van der Waals surface area (Å²) >= 11 is 0.929. The number of nitrogens with one attached hydrogen (secondary N) is 1. The highest BCUT2D eigenvalue weighted by molar-refractivity contribution is 7.89. The van der Waals surface area contributed by atoms with Crippen molar-refractivity contribution in [3.05, 3.63) is 78.3 Å². The minimum atomic E-state index is -4.08. The van der Waals surface area contributed by atoms with Crippen molar-refractivity contribution in [2.45, 2.75) is 17.4 Å². The van der Waals surface area contributed by atoms with Crippen LogP contribution in [0.4, 0.5) is 0 Å². The number of rotatable bonds is 7. The lowest BCUT2D eigenvalue weighted by atomic mass is 10.1. The normalized spacial score (nSPS) is 15.2. The second-order valence-electron chi connectivity index (χ2n) is 8.35. The summed E-state index contributed by atoms with van der Waals surface area (Å²) in [6.07, 6.45) is 1.62. The van der Waals surface area contributed by atoms with Gasteiger partial charge < -0.3 is 14.2 Å². The zero-order valence-electron chi connectivity index (χ0n) is 19.1. The minimum Gasteiger partial charge on any atom is -0.459 e. The Labute approximate surface area is 211 Å². The van der Waals surface area contributed by atoms with Crippen LogP contribution in [0.15, 0.2) is 76.2 Å². The van der Waals surface area contributed by atoms with Gasteiger partial charge in [0, 0.05) is 26.2 Å². The fraction of sp³-hybridized carbons (Fsp3) is 0.250. The summed E-state index contributed by atoms with van der Waals surface area (Å²) in [5.41, 5.74) is 1.57. The Morgan fingerprint density at radius 1 is 0.944 bits per heavy atom. The number of amides is 2. The van der Waals surface area contributed by atoms with Crippen LogP contribution in [0.5, 0.6) is 0 Å². The van der Waals surface area contributed by atoms with E-state index in [0.717, 1.165) is 17.3 Å². The van der Waals surface area contributed by atoms with Gasteiger partial charge in [-0.15, -0.1) is 0 Å². The van der Waals surface area contributed by atoms with Crippen LogP contribution >= 0.6 is 11.7 Å². The summed E-state index contributed by atoms with van der Waals surface area (Å²) < 4.78 is 42.8. The molecule has 1 aliphatic rings. The molecule has 36 heavy (non-hydrogen) atoms. The molecule has 12 heteroatoms. The average molecular weight is 526 g/mol. The van der Waals surface area contributed by atoms with Crippen LogP contribution in [-0.2, 0) is 21.2 Å². The van der Waals surface area contributed by atoms with Crippen molar-refractivity contribution in [3.8, 4) is 0 Å². The molecule has 2 aromatic carbocycles. The van der Waals surface area contributed by atoms with Crippen molar-refractivity contribution >= 4 is 44.6 Å². The molecule has 10 nitrogen and oxygen atoms in total. The molecule has 0 radical (unpaired) electrons. The number of furan rings is 1. The number of fused-ring (bicyclic) bond motifs is 1. The zero-order valence-corrected chi connectivity index (χ0v) is 20.7. The molecule has 0 unspecified atom stereocenters. The van der Waals surface area contributed by atoms with E-state index in [1.165, 1.54) is 12.3 Å². The molecule has 0 bridgehead atoms. The lowest BCUT2D eigenvalue weighted by Gasteiger charge is -2.36. The van der Waals surface area contributed by atoms with Gasteiger partial charge in [0.25, 0.3) is 5.91 Å². The predicted octanol–water partition coefficient (Wildman–Crippen LogP) is 2.16. The van der Waals surface area contributed by atoms with Crippen LogP contribution in [-0.4, -0.2) is 71.0 Å². The maximum absolute atomic E-state index is 13.6. The highest BCUT2D eigenvalue weighted by Crippen LogP contribution is 2.22. The summed E-state index contributed by atoms with van der Waals surface area (Å²) in [6, 6.07) is 16.2. The number of carbonyl (C=O) groups is 2. The van der Waals surface area contributed by atoms with E-state index in [-0.39, 0.29) is 47.5 Å². The van der Waals surface area contributed by atoms with E-state index in [0.29, 0.717) is 18.6 Å². The average Bonchev–Trinajstić information content (AvgIpc) is 3.60. The Hall–Kier alpha value is -3.61. The van der Waals surface area contributed by atoms with E-state index >= 15 is 0 Å². The number of hydrogen-bond donors (Lipinski definition) is 1. The van der Waals surface area contributed by atoms with Crippen LogP contribution in [0.2, 0.25) is 0 Å². The van der Waals surface area contributed by atoms with Crippen molar-refractivity contribution in [3.63, 3.8) is 0 Å². The molecule has 5 rings (SSSR count). The monoisotopic (exact) mass is 525 g/mol. The Morgan fingerprint density at radius 3 is 2.42 bits per heavy atom. The molecule has 3 heterocycles. The van der Waals surface area contributed by atoms with Gasteiger partial charge in [0.15, 0.2) is 5.76 Å². The second kappa shape index (κ2) is 10.2. The Morgan fingerprint density at radius 2 is 1.69 bits per heavy atom. The number of nitrogens with zero attached hydrogens (tertiary/aromatic N) is 4. The van der Waals surface area contributed by atoms with E-state index < -0.39 is 16.1 Å². The Kier molecular flexibility index (Phi) is 6.81. The summed E-state index contributed by atoms with van der Waals surface area (Å²) in [7, 11) is -4.08. The summed E-state index contributed by atoms with van der Waals surface area (Å²) in [5.74, 6) is -0.343. The van der Waals surface area contributed by atoms with E-state index in [9.17, 15) is 18.0 Å². The third-order valence-electron chi connectivity index (χ3n) is 6.03. The van der Waals surface area contributed by atoms with Crippen LogP contribution in [0.1, 0.15) is 16.1 Å². The zero-order chi connectivity index (χ0) is 25.1. The second-order valence-corrected chi connectivity index (χ2v) is 10.6. The molecule has 0 saturated carbocycles. The molecule has 2 amide bonds. The molecule has 186 valence electrons. The van der Waals surface area contributed by atoms with Gasteiger partial charge in [-0.05, 0) is 36.2 Å². The number of piperazine rings is 1. The van der Waals surface area contributed by atoms with E-state index in [1.807, 2.05) is 30.3 Å². The smallest absolute Gasteiger partial charge is 0.289 e. The van der Waals surface area contributed by atoms with Crippen molar-refractivity contribution in [2.24, 2.45) is 0 Å². The predicted molar refractivity (Wildman–Crippen MR) is 133 cm³/mol. The lowest BCUT2D eigenvalue weighted by molar-refractivity contribution is -0.134. The Bertz CT molecular complexity index is 1460. The van der Waals surface area contributed by atoms with Gasteiger partial charge >= 0.3 is 0 Å². The first-order valence-electron chi connectivity index (χ1n) is 11.3. The lowest BCUT2D eigenvalue weighted by Crippen LogP contribution is -2.56. The van der Waals surface area contributed by atoms with Crippen LogP contribution in [0.25, 0.3) is 11.0 Å². The minimum absolute atomic E-state index is 0.0199. The number of carbonyl (C=O) groups excluding carboxylic acids is 2. The highest BCUT2D eigenvalue weighted by atomic mass is 32.2. The first-order chi connectivity index (χ1) is 17.4. The van der Waals surface area contributed by atoms with Gasteiger partial charge in [0.1, 0.15) is 22.0 Å². The number of benzene rings is 2. The maximum Gasteiger partial charge on any atom is 0.289 e. The molecule has 2 aromatic heterocycles. The molecule has 1 atom stereocenters. The third-order valence-corrected chi connectivity index (χ3v) is 8.07. The largest absolute Gasteiger partial charge is 0.459 e. The van der Waals surface area contributed by atoms with E-state index in [2.05, 4.69) is 13.5 Å². The van der Waals surface area contributed by atoms with Gasteiger partial charge in [-0.1, -0.05) is 36.4 Å². The topological polar surface area (TPSA) is 126 Å². The molecule has 1 saturated heterocycles. The quantitative estimate of drug-likeness (QED) is 0.392. The molecular weight excluding hydrogens is 502 g/mol. The van der Waals surface area contributed by atoms with Gasteiger partial charge in [-0.3, -0.25) is 9.59 Å². The fourth-order valence-electron chi connectivity index (χ4n) is 4.18. The maximum atomic E-state index is 13.6. The van der Waals surface area contributed by atoms with Crippen LogP contribution in [0.3, 0.4) is 0 Å². The molecule has 1 aliphatic heterocycles. The van der Waals surface area contributed by atoms with Gasteiger partial charge in [0.2, 0.25) is 15.9 Å². The summed E-state index contributed by atoms with van der Waals surface area (Å²) in [5, 5.41) is 0. The van der Waals surface area contributed by atoms with Gasteiger partial charge in [-0.25, -0.2) is 8.42 Å². The van der Waals surface area contributed by atoms with Crippen LogP contribution < -0.4 is 4.72 Å². The summed E-state index contributed by atoms with van der Waals surface area (Å²) in [4.78, 5) is 29.3. The first-order valence-corrected chi connectivity index (χ1v) is 13.5. The number of aromatic nitrogens is 2. The summed E-state index contributed by atoms with van der Waals surface area (Å²) in [6.45, 7) is 1.20. The first kappa shape index (κ1) is 24.1. The van der Waals surface area contributed by atoms with Crippen molar-refractivity contribution in [2.75, 3.05) is 26.2 Å². The highest BCUT2D eigenvalue weighted by Gasteiger charge is 2.33. The van der Waals surface area contributed by atoms with Gasteiger partial charge in [-0.2, -0.15) is 13.5 Å². The molecule has 0 spiro atoms. The Balaban J connectivity index is 1.35. The molecule has 1 fully saturated rings. The number of sulfonamides is 1. The standard InChI is InChI=1S/C24H23N5O5S2/c30-23(28-11-13-29(14-12-28)24(31)20-9-5-15-34-20)19(16-17-6-2-1-3-7-17)27-36(32,33)21-10-4-8-18-22(21)26-35-25-18/h1-10,15,19,27H,11-14,16H2/t19-/m1/s1. The van der Waals surface area contributed by atoms with Crippen molar-refractivity contribution in [1.29, 1.82) is 0 Å². The van der Waals surface area contributed by atoms with Crippen molar-refractivity contribution < 1.29 is 22.4 Å². The molecular formula is C24H23N5O5S2. The van der Waals surface area contributed by atoms with E-state index in [1.54, 1.807) is 34.1 Å². The van der Waals surface area contributed by atoms with Crippen molar-refractivity contribution in [1.82, 2.24) is 23.3 Å². The van der Waals surface area contributed by atoms with Gasteiger partial charge in [0.05, 0.1) is 18.0 Å². The third kappa shape index (κ3) is 5.01. The number of hydrogen-bond acceptors (Lipinski definition) is 8. The molecule has 1 N–H and O–H groups in total. The molecule has 0 aliphatic carbocycles. The fourth-order valence-corrected chi connectivity index (χ4v) is 6.14. The van der Waals surface area contributed by atoms with Crippen LogP contribution in [0, 0.1) is 0 Å². The van der Waals surface area contributed by atoms with E-state index in [4.69, 9.17) is 4.42 Å².